The van der Waals surface area contributed by atoms with Gasteiger partial charge in [0.1, 0.15) is 5.15 Å². The predicted octanol–water partition coefficient (Wildman–Crippen LogP) is 1.10. The van der Waals surface area contributed by atoms with Crippen molar-refractivity contribution in [1.82, 2.24) is 9.97 Å². The maximum Gasteiger partial charge on any atom is 0.307 e. The minimum atomic E-state index is -0.951. The number of carbonyl (C=O) groups is 2. The number of carboxylic acids is 1. The Morgan fingerprint density at radius 2 is 2.18 bits per heavy atom. The van der Waals surface area contributed by atoms with Gasteiger partial charge in [-0.25, -0.2) is 9.97 Å². The quantitative estimate of drug-likeness (QED) is 0.789. The van der Waals surface area contributed by atoms with E-state index in [2.05, 4.69) is 15.3 Å². The minimum absolute atomic E-state index is 0.107. The summed E-state index contributed by atoms with van der Waals surface area (Å²) in [5.74, 6) is -2.30. The molecule has 1 amide bonds. The van der Waals surface area contributed by atoms with Crippen molar-refractivity contribution >= 4 is 29.4 Å². The summed E-state index contributed by atoms with van der Waals surface area (Å²) in [6.45, 7) is 1.72. The third kappa shape index (κ3) is 2.71. The van der Waals surface area contributed by atoms with E-state index >= 15 is 0 Å². The number of nitrogens with zero attached hydrogens (tertiary/aromatic N) is 2. The molecule has 2 N–H and O–H groups in total. The van der Waals surface area contributed by atoms with Crippen LogP contribution in [0.5, 0.6) is 0 Å². The first-order valence-electron chi connectivity index (χ1n) is 5.02. The lowest BCUT2D eigenvalue weighted by atomic mass is 10.3. The molecule has 1 aromatic heterocycles. The van der Waals surface area contributed by atoms with Gasteiger partial charge in [0.2, 0.25) is 11.9 Å². The summed E-state index contributed by atoms with van der Waals surface area (Å²) in [7, 11) is 0. The molecule has 0 spiro atoms. The fourth-order valence-electron chi connectivity index (χ4n) is 1.55. The van der Waals surface area contributed by atoms with Crippen LogP contribution in [0.4, 0.5) is 5.95 Å². The lowest BCUT2D eigenvalue weighted by Gasteiger charge is -2.03. The van der Waals surface area contributed by atoms with Crippen LogP contribution in [0.2, 0.25) is 5.15 Å². The molecular weight excluding hydrogens is 246 g/mol. The van der Waals surface area contributed by atoms with Crippen LogP contribution in [-0.2, 0) is 9.59 Å². The summed E-state index contributed by atoms with van der Waals surface area (Å²) in [5.41, 5.74) is 0.630. The van der Waals surface area contributed by atoms with Gasteiger partial charge in [-0.15, -0.1) is 0 Å². The van der Waals surface area contributed by atoms with E-state index in [0.717, 1.165) is 0 Å². The smallest absolute Gasteiger partial charge is 0.307 e. The van der Waals surface area contributed by atoms with Crippen LogP contribution in [0.1, 0.15) is 12.1 Å². The van der Waals surface area contributed by atoms with Gasteiger partial charge in [-0.2, -0.15) is 0 Å². The normalized spacial score (nSPS) is 22.0. The largest absolute Gasteiger partial charge is 0.481 e. The third-order valence-electron chi connectivity index (χ3n) is 2.50. The molecule has 2 rings (SSSR count). The standard InChI is InChI=1S/C10H10ClN3O3/c1-4-2-7(11)13-10(12-4)14-8(15)5-3-6(5)9(16)17/h2,5-6H,3H2,1H3,(H,16,17)(H,12,13,14,15). The first kappa shape index (κ1) is 11.8. The number of nitrogens with one attached hydrogen (secondary N) is 1. The number of carboxylic acid groups (broad SMARTS) is 1. The molecule has 1 heterocycles. The maximum absolute atomic E-state index is 11.6. The fraction of sp³-hybridized carbons (Fsp3) is 0.400. The zero-order chi connectivity index (χ0) is 12.6. The Hall–Kier alpha value is -1.69. The van der Waals surface area contributed by atoms with Gasteiger partial charge < -0.3 is 5.11 Å². The summed E-state index contributed by atoms with van der Waals surface area (Å²) in [6, 6.07) is 1.56. The van der Waals surface area contributed by atoms with Gasteiger partial charge in [0.15, 0.2) is 0 Å². The van der Waals surface area contributed by atoms with Crippen LogP contribution < -0.4 is 5.32 Å². The lowest BCUT2D eigenvalue weighted by molar-refractivity contribution is -0.139. The highest BCUT2D eigenvalue weighted by Crippen LogP contribution is 2.39. The summed E-state index contributed by atoms with van der Waals surface area (Å²) < 4.78 is 0. The number of rotatable bonds is 3. The first-order chi connectivity index (χ1) is 7.97. The van der Waals surface area contributed by atoms with E-state index in [1.54, 1.807) is 13.0 Å². The van der Waals surface area contributed by atoms with Crippen molar-refractivity contribution in [2.24, 2.45) is 11.8 Å². The number of amides is 1. The third-order valence-corrected chi connectivity index (χ3v) is 2.70. The second-order valence-corrected chi connectivity index (χ2v) is 4.32. The van der Waals surface area contributed by atoms with Crippen molar-refractivity contribution in [1.29, 1.82) is 0 Å². The topological polar surface area (TPSA) is 92.2 Å². The van der Waals surface area contributed by atoms with E-state index in [0.29, 0.717) is 12.1 Å². The van der Waals surface area contributed by atoms with Gasteiger partial charge in [-0.1, -0.05) is 11.6 Å². The molecule has 2 atom stereocenters. The molecule has 1 aromatic rings. The highest BCUT2D eigenvalue weighted by molar-refractivity contribution is 6.29. The number of hydrogen-bond donors (Lipinski definition) is 2. The van der Waals surface area contributed by atoms with Crippen LogP contribution in [0.3, 0.4) is 0 Å². The van der Waals surface area contributed by atoms with Crippen molar-refractivity contribution in [2.45, 2.75) is 13.3 Å². The van der Waals surface area contributed by atoms with Crippen molar-refractivity contribution in [3.05, 3.63) is 16.9 Å². The van der Waals surface area contributed by atoms with Crippen molar-refractivity contribution < 1.29 is 14.7 Å². The van der Waals surface area contributed by atoms with Gasteiger partial charge in [-0.05, 0) is 19.4 Å². The molecule has 1 aliphatic carbocycles. The molecule has 0 bridgehead atoms. The van der Waals surface area contributed by atoms with E-state index in [4.69, 9.17) is 16.7 Å². The Kier molecular flexibility index (Phi) is 2.97. The Balaban J connectivity index is 2.02. The first-order valence-corrected chi connectivity index (χ1v) is 5.40. The molecule has 7 heteroatoms. The average Bonchev–Trinajstić information content (AvgIpc) is 2.94. The molecule has 1 aliphatic rings. The number of hydrogen-bond acceptors (Lipinski definition) is 4. The highest BCUT2D eigenvalue weighted by atomic mass is 35.5. The second-order valence-electron chi connectivity index (χ2n) is 3.93. The Morgan fingerprint density at radius 1 is 1.47 bits per heavy atom. The molecule has 90 valence electrons. The Bertz CT molecular complexity index is 471. The molecule has 17 heavy (non-hydrogen) atoms. The SMILES string of the molecule is Cc1cc(Cl)nc(NC(=O)C2CC2C(=O)O)n1. The maximum atomic E-state index is 11.6. The van der Waals surface area contributed by atoms with Gasteiger partial charge >= 0.3 is 5.97 Å². The predicted molar refractivity (Wildman–Crippen MR) is 59.6 cm³/mol. The number of aryl methyl sites for hydroxylation is 1. The minimum Gasteiger partial charge on any atom is -0.481 e. The number of aliphatic carboxylic acids is 1. The number of aromatic nitrogens is 2. The van der Waals surface area contributed by atoms with Crippen molar-refractivity contribution in [2.75, 3.05) is 5.32 Å². The van der Waals surface area contributed by atoms with E-state index in [1.165, 1.54) is 0 Å². The van der Waals surface area contributed by atoms with Crippen LogP contribution in [0.15, 0.2) is 6.07 Å². The summed E-state index contributed by atoms with van der Waals surface area (Å²) in [4.78, 5) is 30.0. The van der Waals surface area contributed by atoms with Crippen molar-refractivity contribution in [3.63, 3.8) is 0 Å². The van der Waals surface area contributed by atoms with Crippen molar-refractivity contribution in [3.8, 4) is 0 Å². The molecule has 0 aliphatic heterocycles. The lowest BCUT2D eigenvalue weighted by Crippen LogP contribution is -2.18. The molecular formula is C10H10ClN3O3. The van der Waals surface area contributed by atoms with E-state index < -0.39 is 17.8 Å². The fourth-order valence-corrected chi connectivity index (χ4v) is 1.78. The van der Waals surface area contributed by atoms with Crippen LogP contribution in [0.25, 0.3) is 0 Å². The summed E-state index contributed by atoms with van der Waals surface area (Å²) in [6.07, 6.45) is 0.362. The summed E-state index contributed by atoms with van der Waals surface area (Å²) in [5, 5.41) is 11.4. The number of carbonyl (C=O) groups excluding carboxylic acids is 1. The van der Waals surface area contributed by atoms with Gasteiger partial charge in [0.05, 0.1) is 11.8 Å². The van der Waals surface area contributed by atoms with Gasteiger partial charge in [0, 0.05) is 5.69 Å². The monoisotopic (exact) mass is 255 g/mol. The number of halogens is 1. The van der Waals surface area contributed by atoms with E-state index in [-0.39, 0.29) is 17.0 Å². The van der Waals surface area contributed by atoms with Crippen LogP contribution in [-0.4, -0.2) is 27.0 Å². The molecule has 0 aromatic carbocycles. The molecule has 2 unspecified atom stereocenters. The zero-order valence-electron chi connectivity index (χ0n) is 8.98. The van der Waals surface area contributed by atoms with Crippen LogP contribution in [0, 0.1) is 18.8 Å². The second kappa shape index (κ2) is 4.29. The van der Waals surface area contributed by atoms with E-state index in [1.807, 2.05) is 0 Å². The highest BCUT2D eigenvalue weighted by Gasteiger charge is 2.48. The Morgan fingerprint density at radius 3 is 2.71 bits per heavy atom. The van der Waals surface area contributed by atoms with Gasteiger partial charge in [-0.3, -0.25) is 14.9 Å². The van der Waals surface area contributed by atoms with Gasteiger partial charge in [0.25, 0.3) is 0 Å². The molecule has 1 fully saturated rings. The Labute approximate surface area is 102 Å². The van der Waals surface area contributed by atoms with E-state index in [9.17, 15) is 9.59 Å². The number of anilines is 1. The average molecular weight is 256 g/mol. The van der Waals surface area contributed by atoms with Crippen LogP contribution >= 0.6 is 11.6 Å². The molecule has 0 radical (unpaired) electrons. The molecule has 6 nitrogen and oxygen atoms in total. The zero-order valence-corrected chi connectivity index (χ0v) is 9.73. The molecule has 0 saturated heterocycles. The molecule has 1 saturated carbocycles. The summed E-state index contributed by atoms with van der Waals surface area (Å²) >= 11 is 5.71.